The van der Waals surface area contributed by atoms with Crippen molar-refractivity contribution in [3.05, 3.63) is 50.6 Å². The summed E-state index contributed by atoms with van der Waals surface area (Å²) in [6.45, 7) is 37.8. The number of aliphatic hydroxyl groups is 1. The van der Waals surface area contributed by atoms with Gasteiger partial charge in [-0.1, -0.05) is 58.0 Å². The molecule has 2 rings (SSSR count). The van der Waals surface area contributed by atoms with Crippen molar-refractivity contribution in [2.75, 3.05) is 64.8 Å². The zero-order chi connectivity index (χ0) is 54.4. The third-order valence-electron chi connectivity index (χ3n) is 7.10. The maximum Gasteiger partial charge on any atom is 1.00 e. The Morgan fingerprint density at radius 2 is 1.19 bits per heavy atom. The summed E-state index contributed by atoms with van der Waals surface area (Å²) in [5, 5.41) is 39.3. The van der Waals surface area contributed by atoms with Crippen molar-refractivity contribution in [1.82, 2.24) is 0 Å². The van der Waals surface area contributed by atoms with Crippen LogP contribution < -0.4 is 104 Å². The molecule has 19 nitrogen and oxygen atoms in total. The van der Waals surface area contributed by atoms with Crippen LogP contribution in [0.2, 0.25) is 0 Å². The molecule has 5 N–H and O–H groups in total. The molecule has 0 aliphatic carbocycles. The minimum absolute atomic E-state index is 0. The maximum absolute atomic E-state index is 9.76. The predicted octanol–water partition coefficient (Wildman–Crippen LogP) is -1.02. The topological polar surface area (TPSA) is 275 Å². The average Bonchev–Trinajstić information content (AvgIpc) is 3.79. The van der Waals surface area contributed by atoms with Crippen LogP contribution >= 0.6 is 62.5 Å². The first kappa shape index (κ1) is 115. The van der Waals surface area contributed by atoms with E-state index < -0.39 is 5.97 Å². The van der Waals surface area contributed by atoms with Crippen LogP contribution in [-0.4, -0.2) is 148 Å². The number of aliphatic carboxylic acids is 1. The number of alkyl halides is 1. The van der Waals surface area contributed by atoms with Crippen LogP contribution in [0.1, 0.15) is 110 Å². The van der Waals surface area contributed by atoms with Crippen LogP contribution in [0.4, 0.5) is 0 Å². The Labute approximate surface area is 551 Å². The van der Waals surface area contributed by atoms with E-state index in [1.54, 1.807) is 25.2 Å². The number of nitrogens with zero attached hydrogens (tertiary/aromatic N) is 2. The number of halogens is 4. The molecule has 2 aliphatic heterocycles. The number of carboxylic acids is 1. The SMILES string of the molecule is C.C#C.C=CC[C@H](C)O.C=CC[C@H](C)OC/C=N\O.C=CC[C@H](C)OCC(OCC)OCC.C=CC[C@H](C)OCC=O.CC(=O)[O-].CCOC(CBr)OCC.C[C@H]1C[C@H]2CON=C2CO1.Cl.Cl.NO.P.[H-].[Na+].[Na+].[Na+].[O-]Cl. The number of rotatable bonds is 26. The Kier molecular flexibility index (Phi) is 158. The Balaban J connectivity index is -0.0000000388. The minimum Gasteiger partial charge on any atom is -1.00 e. The van der Waals surface area contributed by atoms with Crippen LogP contribution in [0.5, 0.6) is 0 Å². The average molecular weight is 1260 g/mol. The van der Waals surface area contributed by atoms with E-state index in [4.69, 9.17) is 72.8 Å². The van der Waals surface area contributed by atoms with Gasteiger partial charge in [0.05, 0.1) is 67.6 Å². The molecule has 0 bridgehead atoms. The fraction of sp³-hybridized carbons (Fsp3) is 0.708. The molecular formula is C48H99BrCl3N3Na3O16P. The van der Waals surface area contributed by atoms with Crippen molar-refractivity contribution in [3.63, 3.8) is 0 Å². The van der Waals surface area contributed by atoms with Crippen LogP contribution in [0.3, 0.4) is 0 Å². The summed E-state index contributed by atoms with van der Waals surface area (Å²) in [6.07, 6.45) is 21.7. The number of aldehydes is 1. The van der Waals surface area contributed by atoms with Crippen molar-refractivity contribution in [1.29, 1.82) is 0 Å². The van der Waals surface area contributed by atoms with E-state index in [1.807, 2.05) is 54.5 Å². The summed E-state index contributed by atoms with van der Waals surface area (Å²) < 4.78 is 49.8. The summed E-state index contributed by atoms with van der Waals surface area (Å²) in [5.74, 6) is 2.96. The number of aliphatic hydroxyl groups excluding tert-OH is 1. The minimum atomic E-state index is -1.08. The summed E-state index contributed by atoms with van der Waals surface area (Å²) in [6, 6.07) is 0. The van der Waals surface area contributed by atoms with E-state index >= 15 is 0 Å². The molecule has 0 amide bonds. The Morgan fingerprint density at radius 1 is 0.827 bits per heavy atom. The molecule has 0 saturated carbocycles. The first-order chi connectivity index (χ1) is 32.6. The zero-order valence-corrected chi connectivity index (χ0v) is 58.5. The van der Waals surface area contributed by atoms with Crippen LogP contribution in [0.15, 0.2) is 60.9 Å². The Hall–Kier alpha value is 0.900. The second-order valence-electron chi connectivity index (χ2n) is 13.1. The van der Waals surface area contributed by atoms with E-state index in [-0.39, 0.29) is 176 Å². The molecule has 0 radical (unpaired) electrons. The Morgan fingerprint density at radius 3 is 1.49 bits per heavy atom. The predicted molar refractivity (Wildman–Crippen MR) is 304 cm³/mol. The van der Waals surface area contributed by atoms with Gasteiger partial charge in [-0.15, -0.1) is 64.0 Å². The zero-order valence-electron chi connectivity index (χ0n) is 48.1. The number of carbonyl (C=O) groups is 2. The first-order valence-electron chi connectivity index (χ1n) is 21.9. The van der Waals surface area contributed by atoms with E-state index in [1.165, 1.54) is 6.21 Å². The molecule has 0 aromatic carbocycles. The van der Waals surface area contributed by atoms with Gasteiger partial charge in [0.1, 0.15) is 19.5 Å². The second-order valence-corrected chi connectivity index (χ2v) is 13.7. The third-order valence-corrected chi connectivity index (χ3v) is 7.63. The molecule has 0 aromatic rings. The quantitative estimate of drug-likeness (QED) is 0.00772. The number of ether oxygens (including phenoxy) is 8. The van der Waals surface area contributed by atoms with Gasteiger partial charge in [0, 0.05) is 38.3 Å². The fourth-order valence-corrected chi connectivity index (χ4v) is 4.66. The van der Waals surface area contributed by atoms with E-state index in [2.05, 4.69) is 90.1 Å². The largest absolute Gasteiger partial charge is 1.00 e. The van der Waals surface area contributed by atoms with E-state index in [0.717, 1.165) is 56.5 Å². The molecule has 27 heteroatoms. The smallest absolute Gasteiger partial charge is 1.00 e. The molecule has 1 unspecified atom stereocenters. The molecule has 2 aliphatic rings. The number of terminal acetylenes is 1. The van der Waals surface area contributed by atoms with Crippen molar-refractivity contribution >= 4 is 86.7 Å². The van der Waals surface area contributed by atoms with Gasteiger partial charge in [0.2, 0.25) is 0 Å². The fourth-order valence-electron chi connectivity index (χ4n) is 4.29. The third kappa shape index (κ3) is 111. The number of hydrogen-bond donors (Lipinski definition) is 4. The molecule has 438 valence electrons. The van der Waals surface area contributed by atoms with Gasteiger partial charge in [-0.2, -0.15) is 9.90 Å². The summed E-state index contributed by atoms with van der Waals surface area (Å²) in [7, 11) is 0. The molecular weight excluding hydrogens is 1160 g/mol. The summed E-state index contributed by atoms with van der Waals surface area (Å²) in [5.41, 5.74) is 1.10. The number of carboxylic acid groups (broad SMARTS) is 1. The Bertz CT molecular complexity index is 1170. The van der Waals surface area contributed by atoms with Gasteiger partial charge >= 0.3 is 88.7 Å². The van der Waals surface area contributed by atoms with Gasteiger partial charge in [-0.3, -0.25) is 0 Å². The van der Waals surface area contributed by atoms with Gasteiger partial charge in [-0.25, -0.2) is 17.8 Å². The van der Waals surface area contributed by atoms with Gasteiger partial charge in [0.15, 0.2) is 12.6 Å². The molecule has 7 atom stereocenters. The molecule has 2 heterocycles. The number of nitrogens with two attached hydrogens (primary N) is 1. The maximum atomic E-state index is 9.76. The van der Waals surface area contributed by atoms with Crippen molar-refractivity contribution in [2.45, 2.75) is 152 Å². The summed E-state index contributed by atoms with van der Waals surface area (Å²) in [4.78, 5) is 23.6. The van der Waals surface area contributed by atoms with Crippen molar-refractivity contribution < 1.29 is 168 Å². The number of fused-ring (bicyclic) bond motifs is 1. The molecule has 0 spiro atoms. The van der Waals surface area contributed by atoms with Gasteiger partial charge < -0.3 is 79.0 Å². The van der Waals surface area contributed by atoms with Gasteiger partial charge in [-0.05, 0) is 101 Å². The van der Waals surface area contributed by atoms with Crippen molar-refractivity contribution in [2.24, 2.45) is 22.1 Å². The van der Waals surface area contributed by atoms with Crippen LogP contribution in [-0.2, 0) is 52.3 Å². The van der Waals surface area contributed by atoms with Crippen molar-refractivity contribution in [3.8, 4) is 12.8 Å². The summed E-state index contributed by atoms with van der Waals surface area (Å²) >= 11 is 6.66. The molecule has 1 fully saturated rings. The number of oxime groups is 2. The molecule has 0 aromatic heterocycles. The standard InChI is InChI=1S/C11H22O3.C7H11NO2.C7H13NO2.C7H12O2.C6H13BrO2.C5H10O.C2H4O2.C2H2.CH4.ClO.2ClH.H3NO.3Na.H3P.H/c1-5-8-10(4)14-9-11(12-6-2)13-7-3;1-5-2-6-3-10-8-7(6)4-9-5;1-3-4-7(2)10-6-5-8-9;1-3-4-7(2)9-6-5-8;1-3-8-6(5-7)9-4-2;1-3-4-5(2)6;1-2(3)4;1-2;;1-2;;;1-2;;;;;/h5,10-11H,1,6-9H2,2-4H3;5-6H,2-4H2,1H3;3,5,7,9H,1,4,6H2,2H3;3,5,7H,1,4,6H2,2H3;6H,3-5H2,1-2H3;3,5-6H,1,4H2,2H3;1H3,(H,3,4);1-2H;1H4;;2*1H;2H,1H2;;;;1H3;/q;;;;;;;;;-1;;;;3*+1;;-1/p-1/b;;8-5-;;;;;;;;;;;;;;;/t10-;5-,6-;2*7-;;5-;;;;;;;;;;;;/m0000.0............/s1. The first-order valence-corrected chi connectivity index (χ1v) is 23.3. The van der Waals surface area contributed by atoms with Crippen LogP contribution in [0, 0.1) is 18.8 Å². The van der Waals surface area contributed by atoms with E-state index in [9.17, 15) is 4.79 Å². The number of hydrogen-bond acceptors (Lipinski definition) is 19. The molecule has 1 saturated heterocycles. The second kappa shape index (κ2) is 103. The number of carbonyl (C=O) groups excluding carboxylic acids is 2. The van der Waals surface area contributed by atoms with Crippen LogP contribution in [0.25, 0.3) is 0 Å². The van der Waals surface area contributed by atoms with Gasteiger partial charge in [0.25, 0.3) is 0 Å². The normalized spacial score (nSPS) is 13.8. The van der Waals surface area contributed by atoms with E-state index in [0.29, 0.717) is 64.7 Å². The molecule has 75 heavy (non-hydrogen) atoms. The monoisotopic (exact) mass is 1260 g/mol.